The van der Waals surface area contributed by atoms with Crippen LogP contribution in [0, 0.1) is 0 Å². The largest absolute Gasteiger partial charge is 0.303 e. The molecule has 0 radical (unpaired) electrons. The number of rotatable bonds is 10. The summed E-state index contributed by atoms with van der Waals surface area (Å²) >= 11 is 0. The van der Waals surface area contributed by atoms with Crippen molar-refractivity contribution in [1.82, 2.24) is 0 Å². The molecular formula is C13H24O. The second-order valence-electron chi connectivity index (χ2n) is 3.78. The number of aldehydes is 1. The molecule has 0 saturated carbocycles. The van der Waals surface area contributed by atoms with Crippen LogP contribution in [-0.2, 0) is 4.79 Å². The summed E-state index contributed by atoms with van der Waals surface area (Å²) in [6.07, 6.45) is 16.3. The van der Waals surface area contributed by atoms with Gasteiger partial charge in [0.2, 0.25) is 0 Å². The van der Waals surface area contributed by atoms with Crippen molar-refractivity contribution in [2.24, 2.45) is 0 Å². The summed E-state index contributed by atoms with van der Waals surface area (Å²) in [5, 5.41) is 0. The van der Waals surface area contributed by atoms with Gasteiger partial charge in [-0.25, -0.2) is 0 Å². The molecule has 0 aromatic rings. The summed E-state index contributed by atoms with van der Waals surface area (Å²) in [5.74, 6) is 0. The molecule has 0 fully saturated rings. The molecule has 1 heteroatoms. The first-order valence-corrected chi connectivity index (χ1v) is 6.00. The van der Waals surface area contributed by atoms with Crippen LogP contribution in [-0.4, -0.2) is 6.29 Å². The SMILES string of the molecule is CCCCCCCCC/C=C/CC=O. The van der Waals surface area contributed by atoms with Crippen LogP contribution in [0.5, 0.6) is 0 Å². The Morgan fingerprint density at radius 3 is 2.14 bits per heavy atom. The van der Waals surface area contributed by atoms with Crippen LogP contribution < -0.4 is 0 Å². The normalized spacial score (nSPS) is 10.9. The van der Waals surface area contributed by atoms with Crippen LogP contribution in [0.15, 0.2) is 12.2 Å². The van der Waals surface area contributed by atoms with Gasteiger partial charge in [0.1, 0.15) is 6.29 Å². The lowest BCUT2D eigenvalue weighted by molar-refractivity contribution is -0.107. The molecule has 0 aromatic carbocycles. The zero-order valence-corrected chi connectivity index (χ0v) is 9.50. The Morgan fingerprint density at radius 1 is 0.857 bits per heavy atom. The highest BCUT2D eigenvalue weighted by Gasteiger charge is 1.88. The Labute approximate surface area is 88.6 Å². The van der Waals surface area contributed by atoms with Gasteiger partial charge in [-0.1, -0.05) is 57.6 Å². The fourth-order valence-corrected chi connectivity index (χ4v) is 1.49. The molecular weight excluding hydrogens is 172 g/mol. The van der Waals surface area contributed by atoms with E-state index in [4.69, 9.17) is 0 Å². The molecule has 0 atom stereocenters. The molecule has 0 aromatic heterocycles. The molecule has 0 spiro atoms. The number of carbonyl (C=O) groups is 1. The molecule has 0 rings (SSSR count). The van der Waals surface area contributed by atoms with Gasteiger partial charge in [-0.3, -0.25) is 0 Å². The molecule has 82 valence electrons. The lowest BCUT2D eigenvalue weighted by atomic mass is 10.1. The van der Waals surface area contributed by atoms with Gasteiger partial charge in [-0.05, 0) is 12.8 Å². The molecule has 0 saturated heterocycles. The zero-order valence-electron chi connectivity index (χ0n) is 9.50. The Balaban J connectivity index is 2.95. The maximum atomic E-state index is 9.99. The molecule has 0 N–H and O–H groups in total. The van der Waals surface area contributed by atoms with E-state index in [-0.39, 0.29) is 0 Å². The van der Waals surface area contributed by atoms with Crippen molar-refractivity contribution in [2.75, 3.05) is 0 Å². The Hall–Kier alpha value is -0.590. The lowest BCUT2D eigenvalue weighted by Crippen LogP contribution is -1.79. The van der Waals surface area contributed by atoms with E-state index in [0.717, 1.165) is 12.7 Å². The van der Waals surface area contributed by atoms with E-state index in [0.29, 0.717) is 6.42 Å². The summed E-state index contributed by atoms with van der Waals surface area (Å²) in [6.45, 7) is 2.25. The highest BCUT2D eigenvalue weighted by molar-refractivity contribution is 5.51. The van der Waals surface area contributed by atoms with Gasteiger partial charge in [-0.15, -0.1) is 0 Å². The number of unbranched alkanes of at least 4 members (excludes halogenated alkanes) is 7. The first-order chi connectivity index (χ1) is 6.91. The first-order valence-electron chi connectivity index (χ1n) is 6.00. The minimum Gasteiger partial charge on any atom is -0.303 e. The van der Waals surface area contributed by atoms with Crippen LogP contribution in [0.1, 0.15) is 64.7 Å². The van der Waals surface area contributed by atoms with Crippen LogP contribution in [0.4, 0.5) is 0 Å². The van der Waals surface area contributed by atoms with E-state index >= 15 is 0 Å². The van der Waals surface area contributed by atoms with Gasteiger partial charge in [-0.2, -0.15) is 0 Å². The van der Waals surface area contributed by atoms with Gasteiger partial charge in [0.15, 0.2) is 0 Å². The van der Waals surface area contributed by atoms with E-state index < -0.39 is 0 Å². The smallest absolute Gasteiger partial charge is 0.123 e. The standard InChI is InChI=1S/C13H24O/c1-2-3-4-5-6-7-8-9-10-11-12-13-14/h10-11,13H,2-9,12H2,1H3/b11-10+. The van der Waals surface area contributed by atoms with Crippen molar-refractivity contribution in [2.45, 2.75) is 64.7 Å². The minimum atomic E-state index is 0.580. The fourth-order valence-electron chi connectivity index (χ4n) is 1.49. The zero-order chi connectivity index (χ0) is 10.5. The third kappa shape index (κ3) is 11.4. The quantitative estimate of drug-likeness (QED) is 0.290. The molecule has 0 aliphatic heterocycles. The number of carbonyl (C=O) groups excluding carboxylic acids is 1. The maximum Gasteiger partial charge on any atom is 0.123 e. The predicted molar refractivity (Wildman–Crippen MR) is 62.4 cm³/mol. The third-order valence-corrected chi connectivity index (χ3v) is 2.37. The second-order valence-corrected chi connectivity index (χ2v) is 3.78. The highest BCUT2D eigenvalue weighted by atomic mass is 16.1. The van der Waals surface area contributed by atoms with Crippen molar-refractivity contribution in [3.8, 4) is 0 Å². The van der Waals surface area contributed by atoms with Crippen LogP contribution in [0.2, 0.25) is 0 Å². The first kappa shape index (κ1) is 13.4. The topological polar surface area (TPSA) is 17.1 Å². The van der Waals surface area contributed by atoms with Gasteiger partial charge in [0.05, 0.1) is 0 Å². The summed E-state index contributed by atoms with van der Waals surface area (Å²) in [5.41, 5.74) is 0. The molecule has 0 aliphatic rings. The van der Waals surface area contributed by atoms with Gasteiger partial charge in [0.25, 0.3) is 0 Å². The molecule has 14 heavy (non-hydrogen) atoms. The number of hydrogen-bond acceptors (Lipinski definition) is 1. The Bertz CT molecular complexity index is 138. The van der Waals surface area contributed by atoms with Gasteiger partial charge < -0.3 is 4.79 Å². The Kier molecular flexibility index (Phi) is 11.9. The summed E-state index contributed by atoms with van der Waals surface area (Å²) in [6, 6.07) is 0. The van der Waals surface area contributed by atoms with Crippen molar-refractivity contribution in [3.05, 3.63) is 12.2 Å². The second kappa shape index (κ2) is 12.4. The molecule has 0 bridgehead atoms. The molecule has 0 unspecified atom stereocenters. The average Bonchev–Trinajstić information content (AvgIpc) is 2.21. The predicted octanol–water partition coefficient (Wildman–Crippen LogP) is 4.27. The van der Waals surface area contributed by atoms with Crippen molar-refractivity contribution in [3.63, 3.8) is 0 Å². The highest BCUT2D eigenvalue weighted by Crippen LogP contribution is 2.08. The van der Waals surface area contributed by atoms with E-state index in [2.05, 4.69) is 13.0 Å². The Morgan fingerprint density at radius 2 is 1.50 bits per heavy atom. The lowest BCUT2D eigenvalue weighted by Gasteiger charge is -1.98. The monoisotopic (exact) mass is 196 g/mol. The molecule has 0 aliphatic carbocycles. The summed E-state index contributed by atoms with van der Waals surface area (Å²) < 4.78 is 0. The van der Waals surface area contributed by atoms with Crippen molar-refractivity contribution >= 4 is 6.29 Å². The molecule has 0 heterocycles. The third-order valence-electron chi connectivity index (χ3n) is 2.37. The number of allylic oxidation sites excluding steroid dienone is 2. The maximum absolute atomic E-state index is 9.99. The van der Waals surface area contributed by atoms with Crippen LogP contribution in [0.3, 0.4) is 0 Å². The van der Waals surface area contributed by atoms with Crippen LogP contribution in [0.25, 0.3) is 0 Å². The summed E-state index contributed by atoms with van der Waals surface area (Å²) in [7, 11) is 0. The minimum absolute atomic E-state index is 0.580. The van der Waals surface area contributed by atoms with Gasteiger partial charge in [0, 0.05) is 6.42 Å². The average molecular weight is 196 g/mol. The number of hydrogen-bond donors (Lipinski definition) is 0. The molecule has 1 nitrogen and oxygen atoms in total. The van der Waals surface area contributed by atoms with Crippen molar-refractivity contribution in [1.29, 1.82) is 0 Å². The fraction of sp³-hybridized carbons (Fsp3) is 0.769. The van der Waals surface area contributed by atoms with E-state index in [1.54, 1.807) is 0 Å². The van der Waals surface area contributed by atoms with E-state index in [1.165, 1.54) is 44.9 Å². The van der Waals surface area contributed by atoms with Crippen molar-refractivity contribution < 1.29 is 4.79 Å². The van der Waals surface area contributed by atoms with Crippen LogP contribution >= 0.6 is 0 Å². The van der Waals surface area contributed by atoms with E-state index in [9.17, 15) is 4.79 Å². The summed E-state index contributed by atoms with van der Waals surface area (Å²) in [4.78, 5) is 9.99. The van der Waals surface area contributed by atoms with E-state index in [1.807, 2.05) is 6.08 Å². The molecule has 0 amide bonds. The van der Waals surface area contributed by atoms with Gasteiger partial charge >= 0.3 is 0 Å².